The number of hydrogen-bond acceptors (Lipinski definition) is 5. The van der Waals surface area contributed by atoms with Crippen LogP contribution in [0.1, 0.15) is 40.3 Å². The fraction of sp³-hybridized carbons (Fsp3) is 0.303. The minimum Gasteiger partial charge on any atom is -0.496 e. The van der Waals surface area contributed by atoms with Crippen molar-refractivity contribution in [2.24, 2.45) is 0 Å². The number of amides is 2. The fourth-order valence-corrected chi connectivity index (χ4v) is 7.09. The Kier molecular flexibility index (Phi) is 7.58. The van der Waals surface area contributed by atoms with E-state index in [9.17, 15) is 9.59 Å². The van der Waals surface area contributed by atoms with E-state index in [1.807, 2.05) is 64.2 Å². The van der Waals surface area contributed by atoms with Crippen molar-refractivity contribution in [3.05, 3.63) is 95.1 Å². The molecule has 7 nitrogen and oxygen atoms in total. The molecule has 1 fully saturated rings. The van der Waals surface area contributed by atoms with Crippen LogP contribution in [0.5, 0.6) is 5.75 Å². The first kappa shape index (κ1) is 27.1. The van der Waals surface area contributed by atoms with Gasteiger partial charge in [0, 0.05) is 29.8 Å². The molecular weight excluding hydrogens is 532 g/mol. The van der Waals surface area contributed by atoms with Crippen molar-refractivity contribution in [2.75, 3.05) is 37.4 Å². The van der Waals surface area contributed by atoms with E-state index < -0.39 is 0 Å². The number of carbonyl (C=O) groups is 2. The lowest BCUT2D eigenvalue weighted by Crippen LogP contribution is -2.43. The molecule has 41 heavy (non-hydrogen) atoms. The highest BCUT2D eigenvalue weighted by Gasteiger charge is 2.39. The van der Waals surface area contributed by atoms with Crippen LogP contribution in [0, 0.1) is 13.8 Å². The van der Waals surface area contributed by atoms with Crippen LogP contribution in [-0.2, 0) is 9.59 Å². The summed E-state index contributed by atoms with van der Waals surface area (Å²) < 4.78 is 7.69. The molecular formula is C33H34N4O3S. The second kappa shape index (κ2) is 11.4. The third kappa shape index (κ3) is 5.12. The van der Waals surface area contributed by atoms with Crippen LogP contribution in [0.2, 0.25) is 0 Å². The Morgan fingerprint density at radius 1 is 1.00 bits per heavy atom. The molecule has 1 atom stereocenters. The summed E-state index contributed by atoms with van der Waals surface area (Å²) in [5.41, 5.74) is 6.69. The number of thioether (sulfide) groups is 1. The van der Waals surface area contributed by atoms with Crippen LogP contribution in [0.15, 0.2) is 72.8 Å². The van der Waals surface area contributed by atoms with E-state index >= 15 is 0 Å². The second-order valence-corrected chi connectivity index (χ2v) is 11.7. The molecule has 0 N–H and O–H groups in total. The predicted molar refractivity (Wildman–Crippen MR) is 164 cm³/mol. The van der Waals surface area contributed by atoms with Crippen LogP contribution in [0.3, 0.4) is 0 Å². The summed E-state index contributed by atoms with van der Waals surface area (Å²) in [6.07, 6.45) is 1.99. The number of aryl methyl sites for hydroxylation is 2. The summed E-state index contributed by atoms with van der Waals surface area (Å²) in [4.78, 5) is 31.1. The highest BCUT2D eigenvalue weighted by Crippen LogP contribution is 2.50. The van der Waals surface area contributed by atoms with Crippen LogP contribution in [0.25, 0.3) is 16.9 Å². The molecule has 2 aliphatic heterocycles. The van der Waals surface area contributed by atoms with Gasteiger partial charge in [0.15, 0.2) is 0 Å². The highest BCUT2D eigenvalue weighted by atomic mass is 32.2. The summed E-state index contributed by atoms with van der Waals surface area (Å²) in [6.45, 7) is 5.57. The quantitative estimate of drug-likeness (QED) is 0.288. The smallest absolute Gasteiger partial charge is 0.242 e. The van der Waals surface area contributed by atoms with E-state index in [4.69, 9.17) is 9.84 Å². The maximum Gasteiger partial charge on any atom is 0.242 e. The van der Waals surface area contributed by atoms with Gasteiger partial charge in [0.25, 0.3) is 0 Å². The molecule has 0 bridgehead atoms. The van der Waals surface area contributed by atoms with E-state index in [1.165, 1.54) is 0 Å². The van der Waals surface area contributed by atoms with Crippen molar-refractivity contribution in [3.8, 4) is 22.7 Å². The lowest BCUT2D eigenvalue weighted by Gasteiger charge is -2.26. The normalized spacial score (nSPS) is 17.0. The Labute approximate surface area is 245 Å². The Hall–Kier alpha value is -4.04. The van der Waals surface area contributed by atoms with Gasteiger partial charge in [-0.3, -0.25) is 14.5 Å². The van der Waals surface area contributed by atoms with Gasteiger partial charge < -0.3 is 9.64 Å². The highest BCUT2D eigenvalue weighted by molar-refractivity contribution is 8.00. The Morgan fingerprint density at radius 2 is 1.73 bits per heavy atom. The van der Waals surface area contributed by atoms with Crippen LogP contribution in [-0.4, -0.2) is 59.0 Å². The molecule has 0 spiro atoms. The van der Waals surface area contributed by atoms with Gasteiger partial charge in [0.05, 0.1) is 29.5 Å². The first-order valence-electron chi connectivity index (χ1n) is 14.0. The second-order valence-electron chi connectivity index (χ2n) is 10.7. The summed E-state index contributed by atoms with van der Waals surface area (Å²) in [5, 5.41) is 4.99. The average Bonchev–Trinajstić information content (AvgIpc) is 3.63. The summed E-state index contributed by atoms with van der Waals surface area (Å²) in [6, 6.07) is 24.3. The largest absolute Gasteiger partial charge is 0.496 e. The van der Waals surface area contributed by atoms with Crippen molar-refractivity contribution >= 4 is 29.4 Å². The number of hydrogen-bond donors (Lipinski definition) is 0. The Bertz CT molecular complexity index is 1590. The monoisotopic (exact) mass is 566 g/mol. The van der Waals surface area contributed by atoms with E-state index in [2.05, 4.69) is 32.0 Å². The van der Waals surface area contributed by atoms with Crippen molar-refractivity contribution in [3.63, 3.8) is 0 Å². The topological polar surface area (TPSA) is 67.7 Å². The van der Waals surface area contributed by atoms with Gasteiger partial charge >= 0.3 is 0 Å². The number of nitrogens with zero attached hydrogens (tertiary/aromatic N) is 4. The summed E-state index contributed by atoms with van der Waals surface area (Å²) in [5.74, 6) is 1.49. The zero-order chi connectivity index (χ0) is 28.5. The number of likely N-dealkylation sites (tertiary alicyclic amines) is 1. The number of benzene rings is 3. The number of aromatic nitrogens is 2. The Balaban J connectivity index is 1.64. The van der Waals surface area contributed by atoms with Gasteiger partial charge in [-0.15, -0.1) is 11.8 Å². The predicted octanol–water partition coefficient (Wildman–Crippen LogP) is 5.96. The molecule has 3 aromatic carbocycles. The number of methoxy groups -OCH3 is 1. The van der Waals surface area contributed by atoms with Crippen LogP contribution < -0.4 is 9.64 Å². The lowest BCUT2D eigenvalue weighted by molar-refractivity contribution is -0.130. The maximum atomic E-state index is 14.0. The fourth-order valence-electron chi connectivity index (χ4n) is 5.87. The SMILES string of the molecule is COc1ccccc1[C@@H]1SCC(=O)N(CC(=O)N2CCCC2)c2c1c(-c1ccccc1)nn2-c1ccc(C)cc1C. The number of rotatable bonds is 6. The minimum atomic E-state index is -0.244. The minimum absolute atomic E-state index is 0.0180. The molecule has 2 aliphatic rings. The molecule has 4 aromatic rings. The third-order valence-corrected chi connectivity index (χ3v) is 9.13. The molecule has 0 radical (unpaired) electrons. The standard InChI is InChI=1S/C33H34N4O3S/c1-22-15-16-26(23(2)19-22)37-33-30(31(34-37)24-11-5-4-6-12-24)32(25-13-7-8-14-27(25)40-3)41-21-29(39)36(33)20-28(38)35-17-9-10-18-35/h4-8,11-16,19,32H,9-10,17-18,20-21H2,1-3H3/t32-/m0/s1. The summed E-state index contributed by atoms with van der Waals surface area (Å²) >= 11 is 1.56. The molecule has 3 heterocycles. The molecule has 2 amide bonds. The number of fused-ring (bicyclic) bond motifs is 1. The Morgan fingerprint density at radius 3 is 2.46 bits per heavy atom. The van der Waals surface area contributed by atoms with Gasteiger partial charge in [-0.2, -0.15) is 5.10 Å². The number of carbonyl (C=O) groups excluding carboxylic acids is 2. The number of ether oxygens (including phenoxy) is 1. The van der Waals surface area contributed by atoms with Crippen molar-refractivity contribution in [2.45, 2.75) is 31.9 Å². The molecule has 0 saturated carbocycles. The molecule has 210 valence electrons. The first-order chi connectivity index (χ1) is 20.0. The van der Waals surface area contributed by atoms with E-state index in [0.29, 0.717) is 5.82 Å². The molecule has 0 aliphatic carbocycles. The molecule has 1 aromatic heterocycles. The van der Waals surface area contributed by atoms with Gasteiger partial charge in [-0.1, -0.05) is 66.2 Å². The zero-order valence-corrected chi connectivity index (χ0v) is 24.5. The van der Waals surface area contributed by atoms with Crippen molar-refractivity contribution < 1.29 is 14.3 Å². The molecule has 6 rings (SSSR count). The van der Waals surface area contributed by atoms with Crippen molar-refractivity contribution in [1.29, 1.82) is 0 Å². The number of para-hydroxylation sites is 1. The molecule has 8 heteroatoms. The van der Waals surface area contributed by atoms with Gasteiger partial charge in [0.1, 0.15) is 18.1 Å². The average molecular weight is 567 g/mol. The number of anilines is 1. The summed E-state index contributed by atoms with van der Waals surface area (Å²) in [7, 11) is 1.67. The van der Waals surface area contributed by atoms with E-state index in [-0.39, 0.29) is 29.4 Å². The molecule has 0 unspecified atom stereocenters. The van der Waals surface area contributed by atoms with E-state index in [0.717, 1.165) is 70.9 Å². The third-order valence-electron chi connectivity index (χ3n) is 7.89. The van der Waals surface area contributed by atoms with Crippen LogP contribution in [0.4, 0.5) is 5.82 Å². The molecule has 1 saturated heterocycles. The van der Waals surface area contributed by atoms with Crippen molar-refractivity contribution in [1.82, 2.24) is 14.7 Å². The zero-order valence-electron chi connectivity index (χ0n) is 23.7. The van der Waals surface area contributed by atoms with Gasteiger partial charge in [-0.25, -0.2) is 4.68 Å². The maximum absolute atomic E-state index is 14.0. The van der Waals surface area contributed by atoms with E-state index in [1.54, 1.807) is 23.8 Å². The van der Waals surface area contributed by atoms with Gasteiger partial charge in [-0.05, 0) is 44.4 Å². The van der Waals surface area contributed by atoms with Crippen LogP contribution >= 0.6 is 11.8 Å². The lowest BCUT2D eigenvalue weighted by atomic mass is 9.99. The van der Waals surface area contributed by atoms with Gasteiger partial charge in [0.2, 0.25) is 11.8 Å². The first-order valence-corrected chi connectivity index (χ1v) is 15.1.